The van der Waals surface area contributed by atoms with Crippen LogP contribution in [0.15, 0.2) is 16.5 Å². The highest BCUT2D eigenvalue weighted by molar-refractivity contribution is 5.06. The van der Waals surface area contributed by atoms with Gasteiger partial charge in [0.2, 0.25) is 0 Å². The third-order valence-corrected chi connectivity index (χ3v) is 2.40. The summed E-state index contributed by atoms with van der Waals surface area (Å²) in [5.74, 6) is 1.43. The van der Waals surface area contributed by atoms with Crippen molar-refractivity contribution in [2.24, 2.45) is 0 Å². The van der Waals surface area contributed by atoms with Crippen LogP contribution in [-0.2, 0) is 17.9 Å². The molecule has 1 heterocycles. The lowest BCUT2D eigenvalue weighted by atomic mass is 10.3. The Balaban J connectivity index is 2.16. The minimum atomic E-state index is -4.11. The maximum Gasteiger partial charge on any atom is 0.389 e. The monoisotopic (exact) mass is 279 g/mol. The van der Waals surface area contributed by atoms with Gasteiger partial charge in [-0.15, -0.1) is 0 Å². The molecule has 6 heteroatoms. The first kappa shape index (κ1) is 16.0. The predicted molar refractivity (Wildman–Crippen MR) is 65.6 cm³/mol. The van der Waals surface area contributed by atoms with Crippen molar-refractivity contribution in [3.8, 4) is 0 Å². The maximum absolute atomic E-state index is 11.9. The van der Waals surface area contributed by atoms with Crippen LogP contribution >= 0.6 is 0 Å². The van der Waals surface area contributed by atoms with Crippen molar-refractivity contribution in [1.29, 1.82) is 0 Å². The number of rotatable bonds is 8. The van der Waals surface area contributed by atoms with Crippen LogP contribution in [-0.4, -0.2) is 18.8 Å². The first-order valence-corrected chi connectivity index (χ1v) is 6.32. The van der Waals surface area contributed by atoms with Crippen molar-refractivity contribution in [2.75, 3.05) is 6.61 Å². The van der Waals surface area contributed by atoms with E-state index in [0.717, 1.165) is 5.76 Å². The average molecular weight is 279 g/mol. The second-order valence-electron chi connectivity index (χ2n) is 4.67. The molecule has 19 heavy (non-hydrogen) atoms. The van der Waals surface area contributed by atoms with Crippen LogP contribution in [0.1, 0.15) is 38.2 Å². The fourth-order valence-electron chi connectivity index (χ4n) is 1.45. The maximum atomic E-state index is 11.9. The Hall–Kier alpha value is -1.01. The van der Waals surface area contributed by atoms with Gasteiger partial charge in [0.25, 0.3) is 0 Å². The van der Waals surface area contributed by atoms with Crippen LogP contribution in [0.5, 0.6) is 0 Å². The molecule has 0 saturated heterocycles. The molecule has 0 fully saturated rings. The molecule has 3 nitrogen and oxygen atoms in total. The highest BCUT2D eigenvalue weighted by atomic mass is 19.4. The number of ether oxygens (including phenoxy) is 1. The zero-order valence-electron chi connectivity index (χ0n) is 11.2. The van der Waals surface area contributed by atoms with Crippen molar-refractivity contribution in [2.45, 2.75) is 52.1 Å². The molecule has 0 amide bonds. The number of halogens is 3. The standard InChI is InChI=1S/C13H20F3NO2/c1-10(2)17-8-11-4-5-12(19-11)9-18-7-3-6-13(14,15)16/h4-5,10,17H,3,6-9H2,1-2H3. The Bertz CT molecular complexity index is 361. The van der Waals surface area contributed by atoms with Gasteiger partial charge < -0.3 is 14.5 Å². The van der Waals surface area contributed by atoms with Crippen LogP contribution in [0.25, 0.3) is 0 Å². The van der Waals surface area contributed by atoms with Gasteiger partial charge in [-0.1, -0.05) is 13.8 Å². The highest BCUT2D eigenvalue weighted by Crippen LogP contribution is 2.21. The van der Waals surface area contributed by atoms with Gasteiger partial charge in [-0.25, -0.2) is 0 Å². The first-order valence-electron chi connectivity index (χ1n) is 6.32. The molecule has 0 aliphatic carbocycles. The van der Waals surface area contributed by atoms with Crippen molar-refractivity contribution in [1.82, 2.24) is 5.32 Å². The number of hydrogen-bond acceptors (Lipinski definition) is 3. The Labute approximate surface area is 111 Å². The first-order chi connectivity index (χ1) is 8.87. The van der Waals surface area contributed by atoms with E-state index in [1.54, 1.807) is 6.07 Å². The van der Waals surface area contributed by atoms with Crippen LogP contribution in [0.4, 0.5) is 13.2 Å². The van der Waals surface area contributed by atoms with E-state index in [2.05, 4.69) is 5.32 Å². The second-order valence-corrected chi connectivity index (χ2v) is 4.67. The minimum absolute atomic E-state index is 0.0219. The summed E-state index contributed by atoms with van der Waals surface area (Å²) in [5.41, 5.74) is 0. The SMILES string of the molecule is CC(C)NCc1ccc(COCCCC(F)(F)F)o1. The summed E-state index contributed by atoms with van der Waals surface area (Å²) in [7, 11) is 0. The van der Waals surface area contributed by atoms with Crippen molar-refractivity contribution >= 4 is 0 Å². The molecule has 1 rings (SSSR count). The van der Waals surface area contributed by atoms with Gasteiger partial charge >= 0.3 is 6.18 Å². The zero-order chi connectivity index (χ0) is 14.3. The third-order valence-electron chi connectivity index (χ3n) is 2.40. The summed E-state index contributed by atoms with van der Waals surface area (Å²) in [5, 5.41) is 3.21. The molecule has 1 aromatic heterocycles. The molecule has 0 aliphatic heterocycles. The summed E-state index contributed by atoms with van der Waals surface area (Å²) in [6, 6.07) is 3.98. The smallest absolute Gasteiger partial charge is 0.389 e. The van der Waals surface area contributed by atoms with Gasteiger partial charge in [-0.2, -0.15) is 13.2 Å². The molecule has 0 spiro atoms. The van der Waals surface area contributed by atoms with Gasteiger partial charge in [0.15, 0.2) is 0 Å². The Kier molecular flexibility index (Phi) is 6.37. The molecule has 0 unspecified atom stereocenters. The van der Waals surface area contributed by atoms with Gasteiger partial charge in [0, 0.05) is 19.1 Å². The molecule has 0 aromatic carbocycles. The van der Waals surface area contributed by atoms with Crippen LogP contribution < -0.4 is 5.32 Å². The topological polar surface area (TPSA) is 34.4 Å². The molecule has 0 saturated carbocycles. The average Bonchev–Trinajstić information content (AvgIpc) is 2.72. The fourth-order valence-corrected chi connectivity index (χ4v) is 1.45. The Morgan fingerprint density at radius 1 is 1.26 bits per heavy atom. The zero-order valence-corrected chi connectivity index (χ0v) is 11.2. The van der Waals surface area contributed by atoms with Crippen LogP contribution in [0.3, 0.4) is 0 Å². The molecule has 1 N–H and O–H groups in total. The third kappa shape index (κ3) is 7.89. The van der Waals surface area contributed by atoms with E-state index in [-0.39, 0.29) is 19.6 Å². The highest BCUT2D eigenvalue weighted by Gasteiger charge is 2.25. The molecule has 0 bridgehead atoms. The van der Waals surface area contributed by atoms with Gasteiger partial charge in [-0.3, -0.25) is 0 Å². The molecule has 0 radical (unpaired) electrons. The van der Waals surface area contributed by atoms with E-state index < -0.39 is 12.6 Å². The lowest BCUT2D eigenvalue weighted by Gasteiger charge is -2.06. The molecule has 110 valence electrons. The van der Waals surface area contributed by atoms with E-state index in [9.17, 15) is 13.2 Å². The Morgan fingerprint density at radius 2 is 1.95 bits per heavy atom. The van der Waals surface area contributed by atoms with E-state index >= 15 is 0 Å². The minimum Gasteiger partial charge on any atom is -0.462 e. The normalized spacial score (nSPS) is 12.3. The molecular formula is C13H20F3NO2. The van der Waals surface area contributed by atoms with Crippen molar-refractivity contribution < 1.29 is 22.3 Å². The summed E-state index contributed by atoms with van der Waals surface area (Å²) in [6.07, 6.45) is -4.94. The van der Waals surface area contributed by atoms with Crippen LogP contribution in [0, 0.1) is 0 Å². The number of furan rings is 1. The number of alkyl halides is 3. The second kappa shape index (κ2) is 7.55. The molecule has 1 aromatic rings. The summed E-state index contributed by atoms with van der Waals surface area (Å²) in [6.45, 7) is 4.99. The quantitative estimate of drug-likeness (QED) is 0.738. The summed E-state index contributed by atoms with van der Waals surface area (Å²) >= 11 is 0. The summed E-state index contributed by atoms with van der Waals surface area (Å²) in [4.78, 5) is 0. The van der Waals surface area contributed by atoms with E-state index in [1.807, 2.05) is 19.9 Å². The molecule has 0 atom stereocenters. The van der Waals surface area contributed by atoms with Gasteiger partial charge in [0.1, 0.15) is 18.1 Å². The number of nitrogens with one attached hydrogen (secondary N) is 1. The molecule has 0 aliphatic rings. The summed E-state index contributed by atoms with van der Waals surface area (Å²) < 4.78 is 46.2. The lowest BCUT2D eigenvalue weighted by molar-refractivity contribution is -0.138. The number of hydrogen-bond donors (Lipinski definition) is 1. The van der Waals surface area contributed by atoms with Crippen molar-refractivity contribution in [3.05, 3.63) is 23.7 Å². The van der Waals surface area contributed by atoms with E-state index in [4.69, 9.17) is 9.15 Å². The van der Waals surface area contributed by atoms with Gasteiger partial charge in [0.05, 0.1) is 6.54 Å². The van der Waals surface area contributed by atoms with Crippen molar-refractivity contribution in [3.63, 3.8) is 0 Å². The largest absolute Gasteiger partial charge is 0.462 e. The Morgan fingerprint density at radius 3 is 2.58 bits per heavy atom. The van der Waals surface area contributed by atoms with E-state index in [1.165, 1.54) is 0 Å². The predicted octanol–water partition coefficient (Wildman–Crippen LogP) is 3.64. The van der Waals surface area contributed by atoms with E-state index in [0.29, 0.717) is 18.3 Å². The fraction of sp³-hybridized carbons (Fsp3) is 0.692. The molecular weight excluding hydrogens is 259 g/mol. The van der Waals surface area contributed by atoms with Crippen LogP contribution in [0.2, 0.25) is 0 Å². The van der Waals surface area contributed by atoms with Gasteiger partial charge in [-0.05, 0) is 18.6 Å². The lowest BCUT2D eigenvalue weighted by Crippen LogP contribution is -2.21.